The van der Waals surface area contributed by atoms with Crippen LogP contribution in [0.15, 0.2) is 24.3 Å². The van der Waals surface area contributed by atoms with Crippen LogP contribution in [0, 0.1) is 18.3 Å². The number of anilines is 1. The summed E-state index contributed by atoms with van der Waals surface area (Å²) in [5.41, 5.74) is 2.29. The SMILES string of the molecule is CCCCCCCCCC(C#N)Nc1ccccc1C. The summed E-state index contributed by atoms with van der Waals surface area (Å²) in [5.74, 6) is 0. The van der Waals surface area contributed by atoms with E-state index in [1.165, 1.54) is 44.1 Å². The second-order valence-electron chi connectivity index (χ2n) is 5.55. The van der Waals surface area contributed by atoms with Crippen molar-refractivity contribution in [2.24, 2.45) is 0 Å². The number of nitrogens with one attached hydrogen (secondary N) is 1. The number of benzene rings is 1. The fraction of sp³-hybridized carbons (Fsp3) is 0.611. The molecule has 0 amide bonds. The quantitative estimate of drug-likeness (QED) is 0.576. The standard InChI is InChI=1S/C18H28N2/c1-3-4-5-6-7-8-9-13-17(15-19)20-18-14-11-10-12-16(18)2/h10-12,14,17,20H,3-9,13H2,1-2H3. The van der Waals surface area contributed by atoms with Gasteiger partial charge in [0.15, 0.2) is 0 Å². The Hall–Kier alpha value is -1.49. The summed E-state index contributed by atoms with van der Waals surface area (Å²) in [4.78, 5) is 0. The average molecular weight is 272 g/mol. The van der Waals surface area contributed by atoms with Gasteiger partial charge in [-0.3, -0.25) is 0 Å². The monoisotopic (exact) mass is 272 g/mol. The third-order valence-electron chi connectivity index (χ3n) is 3.73. The Labute approximate surface area is 124 Å². The molecule has 0 fully saturated rings. The van der Waals surface area contributed by atoms with Crippen LogP contribution in [0.2, 0.25) is 0 Å². The van der Waals surface area contributed by atoms with Gasteiger partial charge in [-0.1, -0.05) is 70.1 Å². The third-order valence-corrected chi connectivity index (χ3v) is 3.73. The van der Waals surface area contributed by atoms with Gasteiger partial charge in [-0.25, -0.2) is 0 Å². The zero-order valence-corrected chi connectivity index (χ0v) is 13.0. The number of nitrogens with zero attached hydrogens (tertiary/aromatic N) is 1. The number of aryl methyl sites for hydroxylation is 1. The van der Waals surface area contributed by atoms with E-state index in [1.807, 2.05) is 18.2 Å². The molecule has 0 saturated heterocycles. The Morgan fingerprint density at radius 3 is 2.35 bits per heavy atom. The van der Waals surface area contributed by atoms with E-state index < -0.39 is 0 Å². The van der Waals surface area contributed by atoms with Gasteiger partial charge in [-0.2, -0.15) is 5.26 Å². The highest BCUT2D eigenvalue weighted by Gasteiger charge is 2.07. The molecule has 1 atom stereocenters. The van der Waals surface area contributed by atoms with Crippen molar-refractivity contribution in [3.8, 4) is 6.07 Å². The van der Waals surface area contributed by atoms with Crippen LogP contribution in [0.5, 0.6) is 0 Å². The molecule has 0 aliphatic carbocycles. The van der Waals surface area contributed by atoms with Gasteiger partial charge in [0, 0.05) is 5.69 Å². The minimum atomic E-state index is -0.0632. The summed E-state index contributed by atoms with van der Waals surface area (Å²) >= 11 is 0. The predicted octanol–water partition coefficient (Wildman–Crippen LogP) is 5.44. The van der Waals surface area contributed by atoms with Crippen LogP contribution in [-0.2, 0) is 0 Å². The number of hydrogen-bond donors (Lipinski definition) is 1. The van der Waals surface area contributed by atoms with Crippen molar-refractivity contribution in [2.45, 2.75) is 71.3 Å². The number of para-hydroxylation sites is 1. The van der Waals surface area contributed by atoms with E-state index in [1.54, 1.807) is 0 Å². The van der Waals surface area contributed by atoms with E-state index in [0.29, 0.717) is 0 Å². The fourth-order valence-corrected chi connectivity index (χ4v) is 2.40. The van der Waals surface area contributed by atoms with E-state index in [-0.39, 0.29) is 6.04 Å². The molecule has 0 saturated carbocycles. The zero-order chi connectivity index (χ0) is 14.6. The predicted molar refractivity (Wildman–Crippen MR) is 86.8 cm³/mol. The molecule has 0 aromatic heterocycles. The topological polar surface area (TPSA) is 35.8 Å². The van der Waals surface area contributed by atoms with Gasteiger partial charge in [0.1, 0.15) is 6.04 Å². The highest BCUT2D eigenvalue weighted by molar-refractivity contribution is 5.51. The summed E-state index contributed by atoms with van der Waals surface area (Å²) in [6.07, 6.45) is 10.0. The second kappa shape index (κ2) is 10.3. The molecule has 0 spiro atoms. The Morgan fingerprint density at radius 2 is 1.70 bits per heavy atom. The maximum Gasteiger partial charge on any atom is 0.114 e. The molecule has 0 bridgehead atoms. The Bertz CT molecular complexity index is 406. The first-order valence-electron chi connectivity index (χ1n) is 7.99. The number of hydrogen-bond acceptors (Lipinski definition) is 2. The van der Waals surface area contributed by atoms with Crippen LogP contribution in [0.25, 0.3) is 0 Å². The van der Waals surface area contributed by atoms with E-state index in [2.05, 4.69) is 31.3 Å². The minimum absolute atomic E-state index is 0.0632. The van der Waals surface area contributed by atoms with Crippen LogP contribution < -0.4 is 5.32 Å². The molecule has 0 heterocycles. The highest BCUT2D eigenvalue weighted by Crippen LogP contribution is 2.17. The summed E-state index contributed by atoms with van der Waals surface area (Å²) in [7, 11) is 0. The lowest BCUT2D eigenvalue weighted by Crippen LogP contribution is -2.17. The van der Waals surface area contributed by atoms with E-state index in [4.69, 9.17) is 0 Å². The van der Waals surface area contributed by atoms with Gasteiger partial charge >= 0.3 is 0 Å². The van der Waals surface area contributed by atoms with Crippen molar-refractivity contribution in [1.82, 2.24) is 0 Å². The molecule has 1 aromatic rings. The van der Waals surface area contributed by atoms with Crippen molar-refractivity contribution in [1.29, 1.82) is 5.26 Å². The largest absolute Gasteiger partial charge is 0.370 e. The van der Waals surface area contributed by atoms with Crippen molar-refractivity contribution in [3.63, 3.8) is 0 Å². The zero-order valence-electron chi connectivity index (χ0n) is 13.0. The van der Waals surface area contributed by atoms with Gasteiger partial charge in [0.2, 0.25) is 0 Å². The van der Waals surface area contributed by atoms with Gasteiger partial charge in [0.05, 0.1) is 6.07 Å². The van der Waals surface area contributed by atoms with Crippen LogP contribution in [0.4, 0.5) is 5.69 Å². The van der Waals surface area contributed by atoms with Gasteiger partial charge in [-0.05, 0) is 25.0 Å². The van der Waals surface area contributed by atoms with Crippen LogP contribution >= 0.6 is 0 Å². The molecular weight excluding hydrogens is 244 g/mol. The maximum atomic E-state index is 9.24. The molecule has 0 aliphatic rings. The van der Waals surface area contributed by atoms with Crippen molar-refractivity contribution in [3.05, 3.63) is 29.8 Å². The Kier molecular flexibility index (Phi) is 8.54. The first-order chi connectivity index (χ1) is 9.77. The molecule has 0 radical (unpaired) electrons. The molecule has 0 aliphatic heterocycles. The van der Waals surface area contributed by atoms with Crippen molar-refractivity contribution in [2.75, 3.05) is 5.32 Å². The maximum absolute atomic E-state index is 9.24. The lowest BCUT2D eigenvalue weighted by molar-refractivity contribution is 0.569. The van der Waals surface area contributed by atoms with E-state index in [9.17, 15) is 5.26 Å². The first-order valence-corrected chi connectivity index (χ1v) is 7.99. The molecule has 20 heavy (non-hydrogen) atoms. The average Bonchev–Trinajstić information content (AvgIpc) is 2.47. The molecule has 1 rings (SSSR count). The van der Waals surface area contributed by atoms with E-state index >= 15 is 0 Å². The van der Waals surface area contributed by atoms with Gasteiger partial charge in [0.25, 0.3) is 0 Å². The molecule has 1 unspecified atom stereocenters. The number of nitriles is 1. The molecule has 1 aromatic carbocycles. The summed E-state index contributed by atoms with van der Waals surface area (Å²) < 4.78 is 0. The summed E-state index contributed by atoms with van der Waals surface area (Å²) in [6.45, 7) is 4.32. The van der Waals surface area contributed by atoms with Crippen molar-refractivity contribution < 1.29 is 0 Å². The van der Waals surface area contributed by atoms with Crippen LogP contribution in [0.1, 0.15) is 63.9 Å². The lowest BCUT2D eigenvalue weighted by atomic mass is 10.0. The Balaban J connectivity index is 2.21. The molecule has 110 valence electrons. The summed E-state index contributed by atoms with van der Waals surface area (Å²) in [6, 6.07) is 10.5. The Morgan fingerprint density at radius 1 is 1.05 bits per heavy atom. The molecule has 2 heteroatoms. The van der Waals surface area contributed by atoms with Crippen LogP contribution in [0.3, 0.4) is 0 Å². The number of rotatable bonds is 10. The van der Waals surface area contributed by atoms with Gasteiger partial charge < -0.3 is 5.32 Å². The molecular formula is C18H28N2. The third kappa shape index (κ3) is 6.61. The smallest absolute Gasteiger partial charge is 0.114 e. The fourth-order valence-electron chi connectivity index (χ4n) is 2.40. The number of unbranched alkanes of at least 4 members (excludes halogenated alkanes) is 6. The first kappa shape index (κ1) is 16.6. The minimum Gasteiger partial charge on any atom is -0.370 e. The normalized spacial score (nSPS) is 11.8. The summed E-state index contributed by atoms with van der Waals surface area (Å²) in [5, 5.41) is 12.6. The second-order valence-corrected chi connectivity index (χ2v) is 5.55. The van der Waals surface area contributed by atoms with Gasteiger partial charge in [-0.15, -0.1) is 0 Å². The highest BCUT2D eigenvalue weighted by atomic mass is 14.9. The van der Waals surface area contributed by atoms with Crippen molar-refractivity contribution >= 4 is 5.69 Å². The lowest BCUT2D eigenvalue weighted by Gasteiger charge is -2.14. The van der Waals surface area contributed by atoms with E-state index in [0.717, 1.165) is 18.5 Å². The molecule has 2 nitrogen and oxygen atoms in total. The molecule has 1 N–H and O–H groups in total. The van der Waals surface area contributed by atoms with Crippen LogP contribution in [-0.4, -0.2) is 6.04 Å².